The third-order valence-electron chi connectivity index (χ3n) is 12.3. The maximum atomic E-state index is 11.6. The van der Waals surface area contributed by atoms with Gasteiger partial charge in [-0.3, -0.25) is 19.6 Å². The number of para-hydroxylation sites is 2. The van der Waals surface area contributed by atoms with Gasteiger partial charge in [0.1, 0.15) is 36.1 Å². The van der Waals surface area contributed by atoms with Gasteiger partial charge in [0, 0.05) is 139 Å². The number of ether oxygens (including phenoxy) is 2. The minimum absolute atomic E-state index is 0.0591. The number of carbonyl (C=O) groups is 2. The highest BCUT2D eigenvalue weighted by atomic mass is 35.5. The summed E-state index contributed by atoms with van der Waals surface area (Å²) in [5, 5.41) is 20.3. The van der Waals surface area contributed by atoms with Gasteiger partial charge < -0.3 is 41.0 Å². The van der Waals surface area contributed by atoms with Gasteiger partial charge in [-0.15, -0.1) is 0 Å². The highest BCUT2D eigenvalue weighted by molar-refractivity contribution is 6.76. The van der Waals surface area contributed by atoms with Crippen molar-refractivity contribution in [2.45, 2.75) is 64.2 Å². The van der Waals surface area contributed by atoms with Crippen LogP contribution in [0.25, 0.3) is 55.4 Å². The van der Waals surface area contributed by atoms with Crippen LogP contribution in [0.1, 0.15) is 12.8 Å². The molecule has 0 atom stereocenters. The summed E-state index contributed by atoms with van der Waals surface area (Å²) in [4.78, 5) is 44.9. The molecule has 0 aliphatic carbocycles. The fourth-order valence-electron chi connectivity index (χ4n) is 8.10. The molecule has 6 aromatic heterocycles. The molecule has 2 amide bonds. The molecule has 384 valence electrons. The first-order valence-corrected chi connectivity index (χ1v) is 32.7. The summed E-state index contributed by atoms with van der Waals surface area (Å²) in [6.45, 7) is 20.7. The molecule has 8 aromatic rings. The number of anilines is 3. The Hall–Kier alpha value is -6.56. The lowest BCUT2D eigenvalue weighted by molar-refractivity contribution is -0.121. The average molecular weight is 1040 g/mol. The molecular weight excluding hydrogens is 976 g/mol. The van der Waals surface area contributed by atoms with E-state index in [-0.39, 0.29) is 11.8 Å². The molecule has 0 radical (unpaired) electrons. The maximum absolute atomic E-state index is 11.6. The Morgan fingerprint density at radius 3 is 1.84 bits per heavy atom. The van der Waals surface area contributed by atoms with Crippen LogP contribution >= 0.6 is 11.6 Å². The number of rotatable bonds is 14. The fraction of sp³-hybridized carbons (Fsp3) is 0.385. The smallest absolute Gasteiger partial charge is 0.221 e. The number of benzene rings is 2. The predicted octanol–water partition coefficient (Wildman–Crippen LogP) is 7.98. The van der Waals surface area contributed by atoms with Gasteiger partial charge in [-0.05, 0) is 36.4 Å². The highest BCUT2D eigenvalue weighted by Gasteiger charge is 2.22. The number of halogens is 1. The fourth-order valence-corrected chi connectivity index (χ4v) is 9.79. The van der Waals surface area contributed by atoms with Crippen LogP contribution < -0.4 is 31.5 Å². The number of hydrogen-bond donors (Lipinski definition) is 4. The van der Waals surface area contributed by atoms with Crippen LogP contribution in [0.5, 0.6) is 0 Å². The van der Waals surface area contributed by atoms with Crippen molar-refractivity contribution in [1.82, 2.24) is 55.1 Å². The van der Waals surface area contributed by atoms with Crippen LogP contribution in [-0.2, 0) is 19.1 Å². The Morgan fingerprint density at radius 1 is 0.658 bits per heavy atom. The molecule has 0 saturated carbocycles. The number of nitrogens with one attached hydrogen (secondary N) is 3. The number of fused-ring (bicyclic) bond motifs is 4. The molecule has 2 aliphatic rings. The summed E-state index contributed by atoms with van der Waals surface area (Å²) in [5.41, 5.74) is 13.1. The largest absolute Gasteiger partial charge is 0.383 e. The van der Waals surface area contributed by atoms with Crippen molar-refractivity contribution < 1.29 is 19.1 Å². The highest BCUT2D eigenvalue weighted by Crippen LogP contribution is 2.31. The molecule has 73 heavy (non-hydrogen) atoms. The van der Waals surface area contributed by atoms with E-state index in [1.54, 1.807) is 16.8 Å². The molecule has 2 aliphatic heterocycles. The van der Waals surface area contributed by atoms with Gasteiger partial charge in [0.25, 0.3) is 0 Å². The Labute approximate surface area is 433 Å². The third kappa shape index (κ3) is 14.4. The lowest BCUT2D eigenvalue weighted by atomic mass is 10.1. The van der Waals surface area contributed by atoms with E-state index in [9.17, 15) is 9.59 Å². The number of pyridine rings is 2. The summed E-state index contributed by atoms with van der Waals surface area (Å²) in [5.74, 6) is 2.26. The Balaban J connectivity index is 0.000000173. The quantitative estimate of drug-likeness (QED) is 0.0353. The van der Waals surface area contributed by atoms with Crippen molar-refractivity contribution in [2.75, 3.05) is 81.5 Å². The summed E-state index contributed by atoms with van der Waals surface area (Å²) >= 11 is 6.56. The minimum atomic E-state index is -1.19. The van der Waals surface area contributed by atoms with E-state index < -0.39 is 16.1 Å². The van der Waals surface area contributed by atoms with Crippen LogP contribution in [0.15, 0.2) is 97.6 Å². The van der Waals surface area contributed by atoms with Crippen LogP contribution in [-0.4, -0.2) is 133 Å². The number of carbonyl (C=O) groups excluding carboxylic acids is 2. The van der Waals surface area contributed by atoms with Gasteiger partial charge in [-0.25, -0.2) is 9.97 Å². The van der Waals surface area contributed by atoms with Crippen molar-refractivity contribution in [2.24, 2.45) is 0 Å². The third-order valence-corrected chi connectivity index (χ3v) is 15.9. The molecule has 0 bridgehead atoms. The van der Waals surface area contributed by atoms with E-state index in [2.05, 4.69) is 98.4 Å². The van der Waals surface area contributed by atoms with Gasteiger partial charge in [-0.2, -0.15) is 19.2 Å². The number of nitrogens with two attached hydrogens (primary N) is 1. The van der Waals surface area contributed by atoms with Crippen molar-refractivity contribution in [3.63, 3.8) is 0 Å². The summed E-state index contributed by atoms with van der Waals surface area (Å²) in [6, 6.07) is 26.1. The van der Waals surface area contributed by atoms with E-state index in [1.807, 2.05) is 76.5 Å². The Bertz CT molecular complexity index is 3140. The second-order valence-corrected chi connectivity index (χ2v) is 32.2. The molecule has 0 spiro atoms. The first-order valence-electron chi connectivity index (χ1n) is 24.9. The second kappa shape index (κ2) is 24.0. The standard InChI is InChI=1S/C27H38ClN5O2Si2.C20H19N7O.C5H10N2O/c1-36(2,3)13-11-34-19-32(20-35-12-14-37(4,5)6)26-16-25(28)31-27-23(18-30-33(26)27)22-15-21-9-7-8-10-24(21)29-17-22;21-17-10-18(26-7-5-19(28)22-6-8-26)25-20-15(12-24-27(17)20)14-9-13-3-1-2-4-16(13)23-11-14;8-5-1-2-6-3-4-7-5/h7-10,15-18H,11-14,19-20H2,1-6H3;1-4,9-12H,5-8,21H2,(H,22,28);6H,1-4H2,(H,7,8). The molecular formula is C52H67ClN14O4Si2. The molecule has 5 N–H and O–H groups in total. The zero-order chi connectivity index (χ0) is 51.5. The van der Waals surface area contributed by atoms with E-state index in [4.69, 9.17) is 36.9 Å². The van der Waals surface area contributed by atoms with Crippen LogP contribution in [0.2, 0.25) is 56.5 Å². The number of nitrogens with zero attached hydrogens (tertiary/aromatic N) is 10. The summed E-state index contributed by atoms with van der Waals surface area (Å²) in [7, 11) is -2.38. The lowest BCUT2D eigenvalue weighted by Crippen LogP contribution is -2.33. The summed E-state index contributed by atoms with van der Waals surface area (Å²) < 4.78 is 15.7. The van der Waals surface area contributed by atoms with Gasteiger partial charge in [0.15, 0.2) is 11.3 Å². The number of nitrogen functional groups attached to an aromatic ring is 1. The van der Waals surface area contributed by atoms with E-state index >= 15 is 0 Å². The zero-order valence-electron chi connectivity index (χ0n) is 42.7. The van der Waals surface area contributed by atoms with E-state index in [0.29, 0.717) is 68.2 Å². The van der Waals surface area contributed by atoms with Crippen molar-refractivity contribution in [3.05, 3.63) is 103 Å². The predicted molar refractivity (Wildman–Crippen MR) is 298 cm³/mol. The van der Waals surface area contributed by atoms with E-state index in [1.165, 1.54) is 0 Å². The molecule has 2 saturated heterocycles. The first kappa shape index (κ1) is 52.8. The molecule has 21 heteroatoms. The SMILES string of the molecule is C[Si](C)(C)CCOCN(COCC[Si](C)(C)C)c1cc(Cl)nc2c(-c3cnc4ccccc4c3)cnn12.Nc1cc(N2CCNC(=O)CC2)nc2c(-c3cnc4ccccc4c3)cnn12.O=C1CCNCCN1. The Kier molecular flexibility index (Phi) is 17.3. The molecule has 10 rings (SSSR count). The normalized spacial score (nSPS) is 14.5. The van der Waals surface area contributed by atoms with Gasteiger partial charge in [-0.1, -0.05) is 87.3 Å². The van der Waals surface area contributed by atoms with Crippen molar-refractivity contribution in [3.8, 4) is 22.3 Å². The summed E-state index contributed by atoms with van der Waals surface area (Å²) in [6.07, 6.45) is 8.34. The monoisotopic (exact) mass is 1040 g/mol. The zero-order valence-corrected chi connectivity index (χ0v) is 45.5. The Morgan fingerprint density at radius 2 is 1.22 bits per heavy atom. The minimum Gasteiger partial charge on any atom is -0.383 e. The van der Waals surface area contributed by atoms with Gasteiger partial charge >= 0.3 is 0 Å². The van der Waals surface area contributed by atoms with Crippen LogP contribution in [0, 0.1) is 0 Å². The van der Waals surface area contributed by atoms with Crippen molar-refractivity contribution in [1.29, 1.82) is 0 Å². The van der Waals surface area contributed by atoms with Crippen molar-refractivity contribution >= 4 is 90.1 Å². The number of amides is 2. The molecule has 18 nitrogen and oxygen atoms in total. The lowest BCUT2D eigenvalue weighted by Gasteiger charge is -2.26. The number of aromatic nitrogens is 8. The molecule has 0 unspecified atom stereocenters. The number of hydrogen-bond acceptors (Lipinski definition) is 14. The molecule has 2 fully saturated rings. The maximum Gasteiger partial charge on any atom is 0.221 e. The van der Waals surface area contributed by atoms with Gasteiger partial charge in [0.2, 0.25) is 11.8 Å². The van der Waals surface area contributed by atoms with E-state index in [0.717, 1.165) is 101 Å². The first-order chi connectivity index (χ1) is 35.1. The molecule has 2 aromatic carbocycles. The topological polar surface area (TPSA) is 207 Å². The van der Waals surface area contributed by atoms with Crippen LogP contribution in [0.3, 0.4) is 0 Å². The molecule has 8 heterocycles. The van der Waals surface area contributed by atoms with Gasteiger partial charge in [0.05, 0.1) is 23.4 Å². The second-order valence-electron chi connectivity index (χ2n) is 20.6. The van der Waals surface area contributed by atoms with Crippen LogP contribution in [0.4, 0.5) is 17.5 Å². The average Bonchev–Trinajstić information content (AvgIpc) is 3.83.